The summed E-state index contributed by atoms with van der Waals surface area (Å²) in [6, 6.07) is 6.74. The fourth-order valence-corrected chi connectivity index (χ4v) is 3.59. The van der Waals surface area contributed by atoms with Gasteiger partial charge in [0.2, 0.25) is 0 Å². The smallest absolute Gasteiger partial charge is 0.265 e. The number of nitrogens with one attached hydrogen (secondary N) is 2. The van der Waals surface area contributed by atoms with Crippen LogP contribution in [0.3, 0.4) is 0 Å². The van der Waals surface area contributed by atoms with Crippen molar-refractivity contribution < 1.29 is 14.3 Å². The number of carbonyl (C=O) groups excluding carboxylic acids is 2. The fourth-order valence-electron chi connectivity index (χ4n) is 2.31. The molecular formula is C18H21ClN2O3S. The van der Waals surface area contributed by atoms with Crippen LogP contribution in [0.4, 0.5) is 5.69 Å². The van der Waals surface area contributed by atoms with Gasteiger partial charge in [0.25, 0.3) is 11.8 Å². The van der Waals surface area contributed by atoms with Crippen LogP contribution in [-0.2, 0) is 11.2 Å². The van der Waals surface area contributed by atoms with E-state index in [1.54, 1.807) is 25.3 Å². The molecule has 2 amide bonds. The van der Waals surface area contributed by atoms with Crippen LogP contribution in [0.25, 0.3) is 0 Å². The molecule has 7 heteroatoms. The average Bonchev–Trinajstić information content (AvgIpc) is 2.96. The van der Waals surface area contributed by atoms with Gasteiger partial charge in [0.15, 0.2) is 0 Å². The number of ether oxygens (including phenoxy) is 1. The number of halogens is 1. The highest BCUT2D eigenvalue weighted by atomic mass is 35.5. The van der Waals surface area contributed by atoms with Crippen LogP contribution in [-0.4, -0.2) is 32.1 Å². The third-order valence-electron chi connectivity index (χ3n) is 3.69. The first kappa shape index (κ1) is 19.4. The lowest BCUT2D eigenvalue weighted by Gasteiger charge is -2.09. The Morgan fingerprint density at radius 2 is 2.00 bits per heavy atom. The zero-order chi connectivity index (χ0) is 18.4. The van der Waals surface area contributed by atoms with Crippen LogP contribution in [0.2, 0.25) is 5.02 Å². The van der Waals surface area contributed by atoms with Crippen LogP contribution < -0.4 is 10.6 Å². The van der Waals surface area contributed by atoms with Gasteiger partial charge < -0.3 is 15.4 Å². The van der Waals surface area contributed by atoms with Gasteiger partial charge in [-0.2, -0.15) is 0 Å². The lowest BCUT2D eigenvalue weighted by Crippen LogP contribution is -2.27. The van der Waals surface area contributed by atoms with E-state index in [9.17, 15) is 9.59 Å². The Labute approximate surface area is 156 Å². The molecule has 0 saturated heterocycles. The molecule has 1 aromatic carbocycles. The number of hydrogen-bond donors (Lipinski definition) is 2. The number of amides is 2. The normalized spacial score (nSPS) is 10.6. The van der Waals surface area contributed by atoms with Gasteiger partial charge in [-0.15, -0.1) is 11.3 Å². The van der Waals surface area contributed by atoms with Gasteiger partial charge >= 0.3 is 0 Å². The van der Waals surface area contributed by atoms with E-state index < -0.39 is 0 Å². The van der Waals surface area contributed by atoms with Crippen molar-refractivity contribution in [3.05, 3.63) is 50.2 Å². The molecule has 0 aliphatic heterocycles. The van der Waals surface area contributed by atoms with E-state index in [1.807, 2.05) is 13.0 Å². The van der Waals surface area contributed by atoms with E-state index in [1.165, 1.54) is 16.9 Å². The highest BCUT2D eigenvalue weighted by Crippen LogP contribution is 2.25. The van der Waals surface area contributed by atoms with Crippen molar-refractivity contribution in [3.8, 4) is 0 Å². The summed E-state index contributed by atoms with van der Waals surface area (Å²) in [4.78, 5) is 26.2. The van der Waals surface area contributed by atoms with Crippen LogP contribution in [0.5, 0.6) is 0 Å². The number of carbonyl (C=O) groups is 2. The molecule has 0 fully saturated rings. The fraction of sp³-hybridized carbons (Fsp3) is 0.333. The Morgan fingerprint density at radius 1 is 1.24 bits per heavy atom. The Hall–Kier alpha value is -1.89. The number of methoxy groups -OCH3 is 1. The van der Waals surface area contributed by atoms with Gasteiger partial charge in [-0.1, -0.05) is 18.5 Å². The molecule has 1 heterocycles. The minimum Gasteiger partial charge on any atom is -0.383 e. The maximum atomic E-state index is 12.4. The SMILES string of the molecule is CCc1cc(C(=O)Nc2ccc(C(=O)NCCOC)c(Cl)c2)sc1C. The number of rotatable bonds is 7. The molecule has 134 valence electrons. The van der Waals surface area contributed by atoms with E-state index in [2.05, 4.69) is 17.6 Å². The molecule has 0 bridgehead atoms. The van der Waals surface area contributed by atoms with Crippen LogP contribution >= 0.6 is 22.9 Å². The number of anilines is 1. The van der Waals surface area contributed by atoms with Gasteiger partial charge in [0.05, 0.1) is 22.1 Å². The van der Waals surface area contributed by atoms with Gasteiger partial charge in [0, 0.05) is 24.2 Å². The summed E-state index contributed by atoms with van der Waals surface area (Å²) in [7, 11) is 1.56. The number of benzene rings is 1. The third kappa shape index (κ3) is 5.04. The highest BCUT2D eigenvalue weighted by molar-refractivity contribution is 7.14. The summed E-state index contributed by atoms with van der Waals surface area (Å²) >= 11 is 7.65. The molecule has 0 aliphatic rings. The molecule has 25 heavy (non-hydrogen) atoms. The summed E-state index contributed by atoms with van der Waals surface area (Å²) < 4.78 is 4.89. The minimum atomic E-state index is -0.276. The molecule has 1 aromatic heterocycles. The second kappa shape index (κ2) is 8.99. The Morgan fingerprint density at radius 3 is 2.60 bits per heavy atom. The van der Waals surface area contributed by atoms with Crippen LogP contribution in [0.15, 0.2) is 24.3 Å². The summed E-state index contributed by atoms with van der Waals surface area (Å²) in [6.45, 7) is 4.90. The molecule has 0 saturated carbocycles. The minimum absolute atomic E-state index is 0.179. The summed E-state index contributed by atoms with van der Waals surface area (Å²) in [5.74, 6) is -0.456. The summed E-state index contributed by atoms with van der Waals surface area (Å²) in [5.41, 5.74) is 2.08. The van der Waals surface area contributed by atoms with Crippen LogP contribution in [0.1, 0.15) is 37.4 Å². The first-order valence-corrected chi connectivity index (χ1v) is 9.13. The van der Waals surface area contributed by atoms with Crippen molar-refractivity contribution in [2.75, 3.05) is 25.6 Å². The molecular weight excluding hydrogens is 360 g/mol. The van der Waals surface area contributed by atoms with Crippen LogP contribution in [0, 0.1) is 6.92 Å². The lowest BCUT2D eigenvalue weighted by molar-refractivity contribution is 0.0937. The average molecular weight is 381 g/mol. The molecule has 0 unspecified atom stereocenters. The van der Waals surface area contributed by atoms with Crippen molar-refractivity contribution in [1.29, 1.82) is 0 Å². The summed E-state index contributed by atoms with van der Waals surface area (Å²) in [5, 5.41) is 5.81. The van der Waals surface area contributed by atoms with E-state index in [-0.39, 0.29) is 16.8 Å². The third-order valence-corrected chi connectivity index (χ3v) is 5.09. The Kier molecular flexibility index (Phi) is 6.99. The maximum absolute atomic E-state index is 12.4. The lowest BCUT2D eigenvalue weighted by atomic mass is 10.2. The van der Waals surface area contributed by atoms with Crippen molar-refractivity contribution in [3.63, 3.8) is 0 Å². The maximum Gasteiger partial charge on any atom is 0.265 e. The first-order valence-electron chi connectivity index (χ1n) is 7.93. The predicted octanol–water partition coefficient (Wildman–Crippen LogP) is 3.90. The standard InChI is InChI=1S/C18H21ClN2O3S/c1-4-12-9-16(25-11(12)2)18(23)21-13-5-6-14(15(19)10-13)17(22)20-7-8-24-3/h5-6,9-10H,4,7-8H2,1-3H3,(H,20,22)(H,21,23). The van der Waals surface area contributed by atoms with Crippen molar-refractivity contribution in [2.45, 2.75) is 20.3 Å². The van der Waals surface area contributed by atoms with Crippen molar-refractivity contribution in [1.82, 2.24) is 5.32 Å². The number of thiophene rings is 1. The molecule has 0 aliphatic carbocycles. The molecule has 0 spiro atoms. The zero-order valence-corrected chi connectivity index (χ0v) is 16.0. The van der Waals surface area contributed by atoms with Crippen molar-refractivity contribution in [2.24, 2.45) is 0 Å². The van der Waals surface area contributed by atoms with E-state index in [0.29, 0.717) is 29.3 Å². The second-order valence-corrected chi connectivity index (χ2v) is 7.11. The zero-order valence-electron chi connectivity index (χ0n) is 14.4. The predicted molar refractivity (Wildman–Crippen MR) is 102 cm³/mol. The number of hydrogen-bond acceptors (Lipinski definition) is 4. The highest BCUT2D eigenvalue weighted by Gasteiger charge is 2.14. The summed E-state index contributed by atoms with van der Waals surface area (Å²) in [6.07, 6.45) is 0.897. The quantitative estimate of drug-likeness (QED) is 0.716. The molecule has 2 aromatic rings. The monoisotopic (exact) mass is 380 g/mol. The molecule has 2 rings (SSSR count). The van der Waals surface area contributed by atoms with E-state index in [4.69, 9.17) is 16.3 Å². The largest absolute Gasteiger partial charge is 0.383 e. The van der Waals surface area contributed by atoms with Gasteiger partial charge in [-0.3, -0.25) is 9.59 Å². The van der Waals surface area contributed by atoms with Gasteiger partial charge in [0.1, 0.15) is 0 Å². The topological polar surface area (TPSA) is 67.4 Å². The van der Waals surface area contributed by atoms with Gasteiger partial charge in [-0.05, 0) is 43.2 Å². The van der Waals surface area contributed by atoms with E-state index in [0.717, 1.165) is 11.3 Å². The van der Waals surface area contributed by atoms with Crippen molar-refractivity contribution >= 4 is 40.4 Å². The second-order valence-electron chi connectivity index (χ2n) is 5.44. The van der Waals surface area contributed by atoms with Gasteiger partial charge in [-0.25, -0.2) is 0 Å². The molecule has 0 radical (unpaired) electrons. The number of aryl methyl sites for hydroxylation is 2. The Bertz CT molecular complexity index is 774. The molecule has 0 atom stereocenters. The van der Waals surface area contributed by atoms with E-state index >= 15 is 0 Å². The Balaban J connectivity index is 2.06. The first-order chi connectivity index (χ1) is 12.0. The molecule has 2 N–H and O–H groups in total. The molecule has 5 nitrogen and oxygen atoms in total.